The molecular weight excluding hydrogens is 506 g/mol. The van der Waals surface area contributed by atoms with Crippen LogP contribution in [0, 0.1) is 0 Å². The standard InChI is InChI=1S/C33H29NO6/c35-31(36)18-14-25-13-17-28(21-30(25)33(38)34-22-26-9-4-5-10-29(26)32(34)37)40-20-6-19-39-27-15-11-24(12-16-27)23-7-2-1-3-8-23/h1-5,7-13,15-17,21H,6,14,18-20,22H2,(H,35,36). The van der Waals surface area contributed by atoms with Crippen molar-refractivity contribution in [1.82, 2.24) is 4.90 Å². The third-order valence-electron chi connectivity index (χ3n) is 6.77. The number of amides is 2. The molecule has 0 aliphatic carbocycles. The molecule has 4 aromatic carbocycles. The van der Waals surface area contributed by atoms with Crippen LogP contribution in [-0.4, -0.2) is 41.0 Å². The molecule has 5 rings (SSSR count). The predicted octanol–water partition coefficient (Wildman–Crippen LogP) is 6.01. The van der Waals surface area contributed by atoms with Gasteiger partial charge in [0.25, 0.3) is 11.8 Å². The molecule has 2 amide bonds. The van der Waals surface area contributed by atoms with Gasteiger partial charge in [0, 0.05) is 24.0 Å². The van der Waals surface area contributed by atoms with Gasteiger partial charge in [-0.3, -0.25) is 19.3 Å². The van der Waals surface area contributed by atoms with Crippen molar-refractivity contribution in [2.75, 3.05) is 13.2 Å². The number of ether oxygens (including phenoxy) is 2. The van der Waals surface area contributed by atoms with Crippen LogP contribution in [0.5, 0.6) is 11.5 Å². The number of fused-ring (bicyclic) bond motifs is 1. The highest BCUT2D eigenvalue weighted by Gasteiger charge is 2.33. The summed E-state index contributed by atoms with van der Waals surface area (Å²) in [4.78, 5) is 38.7. The maximum atomic E-state index is 13.5. The van der Waals surface area contributed by atoms with Crippen molar-refractivity contribution in [3.63, 3.8) is 0 Å². The molecule has 7 heteroatoms. The highest BCUT2D eigenvalue weighted by molar-refractivity contribution is 6.13. The van der Waals surface area contributed by atoms with Crippen molar-refractivity contribution >= 4 is 17.8 Å². The Morgan fingerprint density at radius 2 is 1.43 bits per heavy atom. The lowest BCUT2D eigenvalue weighted by molar-refractivity contribution is -0.136. The van der Waals surface area contributed by atoms with E-state index in [-0.39, 0.29) is 30.9 Å². The van der Waals surface area contributed by atoms with Crippen molar-refractivity contribution < 1.29 is 29.0 Å². The minimum absolute atomic E-state index is 0.127. The summed E-state index contributed by atoms with van der Waals surface area (Å²) in [5, 5.41) is 9.16. The zero-order chi connectivity index (χ0) is 27.9. The number of benzene rings is 4. The van der Waals surface area contributed by atoms with Crippen LogP contribution >= 0.6 is 0 Å². The van der Waals surface area contributed by atoms with Crippen molar-refractivity contribution in [2.24, 2.45) is 0 Å². The number of hydrogen-bond donors (Lipinski definition) is 1. The molecule has 1 aliphatic heterocycles. The Labute approximate surface area is 232 Å². The van der Waals surface area contributed by atoms with Gasteiger partial charge in [-0.15, -0.1) is 0 Å². The second kappa shape index (κ2) is 12.3. The Morgan fingerprint density at radius 3 is 2.15 bits per heavy atom. The number of carbonyl (C=O) groups is 3. The van der Waals surface area contributed by atoms with Crippen molar-refractivity contribution in [1.29, 1.82) is 0 Å². The molecular formula is C33H29NO6. The first-order valence-electron chi connectivity index (χ1n) is 13.2. The van der Waals surface area contributed by atoms with Crippen LogP contribution in [0.15, 0.2) is 97.1 Å². The fraction of sp³-hybridized carbons (Fsp3) is 0.182. The van der Waals surface area contributed by atoms with Crippen LogP contribution in [-0.2, 0) is 17.8 Å². The van der Waals surface area contributed by atoms with Crippen LogP contribution < -0.4 is 9.47 Å². The summed E-state index contributed by atoms with van der Waals surface area (Å²) < 4.78 is 11.7. The molecule has 40 heavy (non-hydrogen) atoms. The van der Waals surface area contributed by atoms with Gasteiger partial charge >= 0.3 is 5.97 Å². The van der Waals surface area contributed by atoms with E-state index in [0.29, 0.717) is 36.5 Å². The Balaban J connectivity index is 1.19. The average Bonchev–Trinajstić information content (AvgIpc) is 3.32. The lowest BCUT2D eigenvalue weighted by Gasteiger charge is -2.17. The number of carbonyl (C=O) groups excluding carboxylic acids is 2. The highest BCUT2D eigenvalue weighted by Crippen LogP contribution is 2.28. The Bertz CT molecular complexity index is 1510. The van der Waals surface area contributed by atoms with Crippen LogP contribution in [0.4, 0.5) is 0 Å². The van der Waals surface area contributed by atoms with E-state index in [0.717, 1.165) is 22.4 Å². The van der Waals surface area contributed by atoms with Gasteiger partial charge < -0.3 is 14.6 Å². The highest BCUT2D eigenvalue weighted by atomic mass is 16.5. The lowest BCUT2D eigenvalue weighted by Crippen LogP contribution is -2.32. The molecule has 1 aliphatic rings. The molecule has 7 nitrogen and oxygen atoms in total. The summed E-state index contributed by atoms with van der Waals surface area (Å²) in [5.74, 6) is -0.539. The molecule has 0 unspecified atom stereocenters. The van der Waals surface area contributed by atoms with Crippen LogP contribution in [0.2, 0.25) is 0 Å². The van der Waals surface area contributed by atoms with Gasteiger partial charge in [0.2, 0.25) is 0 Å². The quantitative estimate of drug-likeness (QED) is 0.187. The second-order valence-corrected chi connectivity index (χ2v) is 9.51. The molecule has 0 radical (unpaired) electrons. The molecule has 0 aromatic heterocycles. The fourth-order valence-corrected chi connectivity index (χ4v) is 4.68. The summed E-state index contributed by atoms with van der Waals surface area (Å²) in [6.07, 6.45) is 0.658. The summed E-state index contributed by atoms with van der Waals surface area (Å²) in [5.41, 5.74) is 4.39. The molecule has 202 valence electrons. The zero-order valence-electron chi connectivity index (χ0n) is 21.9. The van der Waals surface area contributed by atoms with Gasteiger partial charge in [0.15, 0.2) is 0 Å². The minimum Gasteiger partial charge on any atom is -0.493 e. The molecule has 0 bridgehead atoms. The number of nitrogens with zero attached hydrogens (tertiary/aromatic N) is 1. The summed E-state index contributed by atoms with van der Waals surface area (Å²) in [6, 6.07) is 30.2. The van der Waals surface area contributed by atoms with Crippen molar-refractivity contribution in [3.05, 3.63) is 119 Å². The average molecular weight is 536 g/mol. The first-order valence-corrected chi connectivity index (χ1v) is 13.2. The Morgan fingerprint density at radius 1 is 0.775 bits per heavy atom. The smallest absolute Gasteiger partial charge is 0.303 e. The van der Waals surface area contributed by atoms with Gasteiger partial charge in [0.1, 0.15) is 11.5 Å². The minimum atomic E-state index is -0.960. The summed E-state index contributed by atoms with van der Waals surface area (Å²) in [7, 11) is 0. The van der Waals surface area contributed by atoms with Gasteiger partial charge in [0.05, 0.1) is 19.8 Å². The van der Waals surface area contributed by atoms with Gasteiger partial charge in [-0.25, -0.2) is 0 Å². The maximum absolute atomic E-state index is 13.5. The fourth-order valence-electron chi connectivity index (χ4n) is 4.68. The Hall–Kier alpha value is -4.91. The van der Waals surface area contributed by atoms with E-state index in [2.05, 4.69) is 12.1 Å². The van der Waals surface area contributed by atoms with Crippen molar-refractivity contribution in [3.8, 4) is 22.6 Å². The third-order valence-corrected chi connectivity index (χ3v) is 6.77. The molecule has 0 fully saturated rings. The second-order valence-electron chi connectivity index (χ2n) is 9.51. The molecule has 4 aromatic rings. The number of aryl methyl sites for hydroxylation is 1. The Kier molecular flexibility index (Phi) is 8.21. The van der Waals surface area contributed by atoms with Crippen LogP contribution in [0.25, 0.3) is 11.1 Å². The van der Waals surface area contributed by atoms with E-state index in [1.54, 1.807) is 30.3 Å². The third kappa shape index (κ3) is 6.21. The lowest BCUT2D eigenvalue weighted by atomic mass is 10.0. The van der Waals surface area contributed by atoms with Crippen LogP contribution in [0.3, 0.4) is 0 Å². The van der Waals surface area contributed by atoms with E-state index in [9.17, 15) is 14.4 Å². The molecule has 0 atom stereocenters. The van der Waals surface area contributed by atoms with E-state index >= 15 is 0 Å². The number of aliphatic carboxylic acids is 1. The predicted molar refractivity (Wildman–Crippen MR) is 151 cm³/mol. The van der Waals surface area contributed by atoms with Gasteiger partial charge in [-0.1, -0.05) is 66.7 Å². The van der Waals surface area contributed by atoms with Gasteiger partial charge in [-0.05, 0) is 59.0 Å². The summed E-state index contributed by atoms with van der Waals surface area (Å²) >= 11 is 0. The van der Waals surface area contributed by atoms with E-state index in [4.69, 9.17) is 14.6 Å². The number of rotatable bonds is 11. The zero-order valence-corrected chi connectivity index (χ0v) is 21.9. The molecule has 1 heterocycles. The topological polar surface area (TPSA) is 93.1 Å². The first kappa shape index (κ1) is 26.7. The van der Waals surface area contributed by atoms with E-state index in [1.165, 1.54) is 4.90 Å². The van der Waals surface area contributed by atoms with E-state index in [1.807, 2.05) is 54.6 Å². The molecule has 0 saturated heterocycles. The molecule has 1 N–H and O–H groups in total. The van der Waals surface area contributed by atoms with Gasteiger partial charge in [-0.2, -0.15) is 0 Å². The normalized spacial score (nSPS) is 12.2. The number of imide groups is 1. The molecule has 0 spiro atoms. The van der Waals surface area contributed by atoms with Crippen LogP contribution in [0.1, 0.15) is 44.7 Å². The number of carboxylic acid groups (broad SMARTS) is 1. The largest absolute Gasteiger partial charge is 0.493 e. The maximum Gasteiger partial charge on any atom is 0.303 e. The summed E-state index contributed by atoms with van der Waals surface area (Å²) in [6.45, 7) is 0.993. The van der Waals surface area contributed by atoms with E-state index < -0.39 is 11.9 Å². The monoisotopic (exact) mass is 535 g/mol. The SMILES string of the molecule is O=C(O)CCc1ccc(OCCCOc2ccc(-c3ccccc3)cc2)cc1C(=O)N1Cc2ccccc2C1=O. The molecule has 0 saturated carbocycles. The number of carboxylic acids is 1. The number of hydrogen-bond acceptors (Lipinski definition) is 5. The first-order chi connectivity index (χ1) is 19.5. The van der Waals surface area contributed by atoms with Crippen molar-refractivity contribution in [2.45, 2.75) is 25.8 Å².